The van der Waals surface area contributed by atoms with Crippen molar-refractivity contribution < 1.29 is 9.72 Å². The average molecular weight is 353 g/mol. The number of nitro benzene ring substituents is 1. The van der Waals surface area contributed by atoms with Gasteiger partial charge in [0, 0.05) is 24.3 Å². The van der Waals surface area contributed by atoms with Gasteiger partial charge in [-0.25, -0.2) is 0 Å². The lowest BCUT2D eigenvalue weighted by molar-refractivity contribution is -0.384. The maximum atomic E-state index is 12.2. The molecule has 0 spiro atoms. The van der Waals surface area contributed by atoms with Crippen molar-refractivity contribution in [2.45, 2.75) is 12.3 Å². The molecule has 25 heavy (non-hydrogen) atoms. The van der Waals surface area contributed by atoms with E-state index in [9.17, 15) is 25.4 Å². The molecule has 1 atom stereocenters. The van der Waals surface area contributed by atoms with E-state index in [1.54, 1.807) is 0 Å². The van der Waals surface area contributed by atoms with Crippen LogP contribution in [0.5, 0.6) is 0 Å². The van der Waals surface area contributed by atoms with E-state index in [2.05, 4.69) is 6.07 Å². The summed E-state index contributed by atoms with van der Waals surface area (Å²) >= 11 is 1.34. The van der Waals surface area contributed by atoms with Crippen LogP contribution in [0.3, 0.4) is 0 Å². The summed E-state index contributed by atoms with van der Waals surface area (Å²) in [5, 5.41) is 30.5. The Labute approximate surface area is 147 Å². The Morgan fingerprint density at radius 2 is 1.88 bits per heavy atom. The lowest BCUT2D eigenvalue weighted by Crippen LogP contribution is -2.40. The number of carbonyl (C=O) groups excluding carboxylic acids is 1. The Bertz CT molecular complexity index is 921. The number of carbonyl (C=O) groups is 1. The van der Waals surface area contributed by atoms with Crippen molar-refractivity contribution in [3.05, 3.63) is 61.9 Å². The van der Waals surface area contributed by atoms with Crippen molar-refractivity contribution in [2.75, 3.05) is 5.75 Å². The molecule has 1 aromatic carbocycles. The third-order valence-corrected chi connectivity index (χ3v) is 5.09. The monoisotopic (exact) mass is 353 g/mol. The second-order valence-corrected chi connectivity index (χ2v) is 6.43. The van der Waals surface area contributed by atoms with Crippen LogP contribution < -0.4 is 5.73 Å². The number of nitriles is 2. The first-order chi connectivity index (χ1) is 12.0. The third-order valence-electron chi connectivity index (χ3n) is 4.01. The lowest BCUT2D eigenvalue weighted by atomic mass is 9.83. The van der Waals surface area contributed by atoms with E-state index in [1.165, 1.54) is 40.9 Å². The standard InChI is InChI=1S/C16H11N5O3S/c17-7-11-14(9-1-3-10(4-2-9)21(23)24)12(8-18)16-20(15(11)19)13(22)5-6-25-16/h1-4,14H,5-6,19H2. The molecule has 2 N–H and O–H groups in total. The van der Waals surface area contributed by atoms with Crippen LogP contribution in [0.2, 0.25) is 0 Å². The molecule has 0 bridgehead atoms. The van der Waals surface area contributed by atoms with Gasteiger partial charge in [-0.2, -0.15) is 10.5 Å². The first-order valence-corrected chi connectivity index (χ1v) is 8.22. The largest absolute Gasteiger partial charge is 0.384 e. The van der Waals surface area contributed by atoms with Crippen LogP contribution in [-0.2, 0) is 4.79 Å². The fraction of sp³-hybridized carbons (Fsp3) is 0.188. The first kappa shape index (κ1) is 16.6. The molecule has 0 saturated carbocycles. The zero-order valence-corrected chi connectivity index (χ0v) is 13.6. The molecule has 1 unspecified atom stereocenters. The molecule has 3 rings (SSSR count). The smallest absolute Gasteiger partial charge is 0.269 e. The number of thioether (sulfide) groups is 1. The number of fused-ring (bicyclic) bond motifs is 1. The number of rotatable bonds is 2. The molecular formula is C16H11N5O3S. The Kier molecular flexibility index (Phi) is 4.17. The summed E-state index contributed by atoms with van der Waals surface area (Å²) in [6.45, 7) is 0. The number of hydrogen-bond acceptors (Lipinski definition) is 7. The maximum Gasteiger partial charge on any atom is 0.269 e. The molecule has 1 saturated heterocycles. The molecule has 0 aliphatic carbocycles. The number of non-ortho nitro benzene ring substituents is 1. The van der Waals surface area contributed by atoms with Crippen LogP contribution in [0.4, 0.5) is 5.69 Å². The summed E-state index contributed by atoms with van der Waals surface area (Å²) < 4.78 is 0. The van der Waals surface area contributed by atoms with E-state index in [1.807, 2.05) is 6.07 Å². The molecule has 9 heteroatoms. The molecule has 1 aromatic rings. The highest BCUT2D eigenvalue weighted by Crippen LogP contribution is 2.45. The Morgan fingerprint density at radius 3 is 2.44 bits per heavy atom. The summed E-state index contributed by atoms with van der Waals surface area (Å²) in [5.41, 5.74) is 6.83. The van der Waals surface area contributed by atoms with Crippen molar-refractivity contribution in [3.63, 3.8) is 0 Å². The minimum atomic E-state index is -0.750. The number of benzene rings is 1. The second kappa shape index (κ2) is 6.30. The van der Waals surface area contributed by atoms with Crippen LogP contribution in [0.15, 0.2) is 46.3 Å². The number of nitrogens with two attached hydrogens (primary N) is 1. The third kappa shape index (κ3) is 2.61. The fourth-order valence-corrected chi connectivity index (χ4v) is 3.98. The topological polar surface area (TPSA) is 137 Å². The summed E-state index contributed by atoms with van der Waals surface area (Å²) in [5.74, 6) is -0.468. The predicted octanol–water partition coefficient (Wildman–Crippen LogP) is 2.09. The Balaban J connectivity index is 2.18. The van der Waals surface area contributed by atoms with Crippen LogP contribution in [0.25, 0.3) is 0 Å². The molecule has 2 heterocycles. The van der Waals surface area contributed by atoms with E-state index in [4.69, 9.17) is 5.73 Å². The van der Waals surface area contributed by atoms with E-state index < -0.39 is 10.8 Å². The van der Waals surface area contributed by atoms with E-state index in [0.29, 0.717) is 16.3 Å². The molecule has 2 aliphatic heterocycles. The number of amides is 1. The fourth-order valence-electron chi connectivity index (χ4n) is 2.86. The van der Waals surface area contributed by atoms with Gasteiger partial charge >= 0.3 is 0 Å². The molecule has 0 radical (unpaired) electrons. The normalized spacial score (nSPS) is 20.0. The van der Waals surface area contributed by atoms with Crippen molar-refractivity contribution in [1.82, 2.24) is 4.90 Å². The van der Waals surface area contributed by atoms with Crippen LogP contribution in [0.1, 0.15) is 17.9 Å². The summed E-state index contributed by atoms with van der Waals surface area (Å²) in [6, 6.07) is 9.69. The number of hydrogen-bond donors (Lipinski definition) is 1. The zero-order valence-electron chi connectivity index (χ0n) is 12.8. The van der Waals surface area contributed by atoms with Gasteiger partial charge in [0.1, 0.15) is 5.82 Å². The molecule has 124 valence electrons. The van der Waals surface area contributed by atoms with Gasteiger partial charge in [0.2, 0.25) is 5.91 Å². The lowest BCUT2D eigenvalue weighted by Gasteiger charge is -2.36. The van der Waals surface area contributed by atoms with Gasteiger partial charge in [0.25, 0.3) is 5.69 Å². The summed E-state index contributed by atoms with van der Waals surface area (Å²) in [6.07, 6.45) is 0.272. The molecule has 1 amide bonds. The molecule has 1 fully saturated rings. The highest BCUT2D eigenvalue weighted by atomic mass is 32.2. The highest BCUT2D eigenvalue weighted by molar-refractivity contribution is 8.03. The molecular weight excluding hydrogens is 342 g/mol. The molecule has 8 nitrogen and oxygen atoms in total. The summed E-state index contributed by atoms with van der Waals surface area (Å²) in [7, 11) is 0. The number of nitro groups is 1. The SMILES string of the molecule is N#CC1=C(N)N2C(=O)CCSC2=C(C#N)C1c1ccc([N+](=O)[O-])cc1. The predicted molar refractivity (Wildman–Crippen MR) is 89.2 cm³/mol. The number of allylic oxidation sites excluding steroid dienone is 2. The van der Waals surface area contributed by atoms with Gasteiger partial charge in [-0.1, -0.05) is 12.1 Å². The van der Waals surface area contributed by atoms with Crippen LogP contribution >= 0.6 is 11.8 Å². The van der Waals surface area contributed by atoms with Crippen molar-refractivity contribution in [3.8, 4) is 12.1 Å². The Morgan fingerprint density at radius 1 is 1.24 bits per heavy atom. The minimum Gasteiger partial charge on any atom is -0.384 e. The van der Waals surface area contributed by atoms with Gasteiger partial charge in [-0.15, -0.1) is 11.8 Å². The second-order valence-electron chi connectivity index (χ2n) is 5.35. The first-order valence-electron chi connectivity index (χ1n) is 7.23. The number of nitrogens with zero attached hydrogens (tertiary/aromatic N) is 4. The Hall–Kier alpha value is -3.30. The van der Waals surface area contributed by atoms with Gasteiger partial charge in [0.15, 0.2) is 0 Å². The highest BCUT2D eigenvalue weighted by Gasteiger charge is 2.40. The van der Waals surface area contributed by atoms with Gasteiger partial charge in [-0.3, -0.25) is 19.8 Å². The quantitative estimate of drug-likeness (QED) is 0.634. The molecule has 0 aromatic heterocycles. The van der Waals surface area contributed by atoms with Gasteiger partial charge < -0.3 is 5.73 Å². The van der Waals surface area contributed by atoms with Crippen molar-refractivity contribution in [1.29, 1.82) is 10.5 Å². The van der Waals surface area contributed by atoms with E-state index >= 15 is 0 Å². The average Bonchev–Trinajstić information content (AvgIpc) is 2.61. The van der Waals surface area contributed by atoms with Gasteiger partial charge in [0.05, 0.1) is 39.2 Å². The maximum absolute atomic E-state index is 12.2. The van der Waals surface area contributed by atoms with Crippen LogP contribution in [-0.4, -0.2) is 21.5 Å². The molecule has 2 aliphatic rings. The zero-order chi connectivity index (χ0) is 18.1. The van der Waals surface area contributed by atoms with E-state index in [-0.39, 0.29) is 35.0 Å². The van der Waals surface area contributed by atoms with Crippen molar-refractivity contribution in [2.24, 2.45) is 5.73 Å². The van der Waals surface area contributed by atoms with E-state index in [0.717, 1.165) is 0 Å². The van der Waals surface area contributed by atoms with Crippen LogP contribution in [0, 0.1) is 32.8 Å². The summed E-state index contributed by atoms with van der Waals surface area (Å²) in [4.78, 5) is 23.7. The van der Waals surface area contributed by atoms with Crippen molar-refractivity contribution >= 4 is 23.4 Å². The van der Waals surface area contributed by atoms with Gasteiger partial charge in [-0.05, 0) is 5.56 Å². The minimum absolute atomic E-state index is 0.0112.